The maximum Gasteiger partial charge on any atom is 0.471 e. The number of carbonyl (C=O) groups is 1. The van der Waals surface area contributed by atoms with E-state index in [9.17, 15) is 18.0 Å². The molecule has 1 saturated heterocycles. The van der Waals surface area contributed by atoms with Gasteiger partial charge in [0, 0.05) is 42.5 Å². The van der Waals surface area contributed by atoms with Gasteiger partial charge in [-0.05, 0) is 31.0 Å². The van der Waals surface area contributed by atoms with Gasteiger partial charge >= 0.3 is 12.1 Å². The van der Waals surface area contributed by atoms with Gasteiger partial charge in [-0.3, -0.25) is 9.78 Å². The summed E-state index contributed by atoms with van der Waals surface area (Å²) in [6.45, 7) is 0.100. The van der Waals surface area contributed by atoms with E-state index in [2.05, 4.69) is 20.3 Å². The standard InChI is InChI=1S/C20H17F3N6O/c21-20(22,23)19(30)29-8-4-11(5-9-29)17-27-15-12-3-7-24-10-14(12)26-18-13(16(15)28-17)2-1-6-25-18/h1-3,6-7,10-11H,4-5,8-9H2,(H,25,26)(H,27,28). The van der Waals surface area contributed by atoms with Crippen LogP contribution in [0.2, 0.25) is 0 Å². The van der Waals surface area contributed by atoms with Crippen LogP contribution in [0.5, 0.6) is 0 Å². The third kappa shape index (κ3) is 3.08. The molecule has 0 bridgehead atoms. The van der Waals surface area contributed by atoms with Crippen LogP contribution in [0.3, 0.4) is 0 Å². The Kier molecular flexibility index (Phi) is 4.23. The van der Waals surface area contributed by atoms with Crippen molar-refractivity contribution in [3.8, 4) is 22.5 Å². The van der Waals surface area contributed by atoms with Crippen LogP contribution in [-0.4, -0.2) is 50.0 Å². The lowest BCUT2D eigenvalue weighted by Crippen LogP contribution is -2.45. The van der Waals surface area contributed by atoms with E-state index in [-0.39, 0.29) is 19.0 Å². The molecule has 5 rings (SSSR count). The Morgan fingerprint density at radius 3 is 2.70 bits per heavy atom. The highest BCUT2D eigenvalue weighted by molar-refractivity contribution is 5.94. The zero-order valence-electron chi connectivity index (χ0n) is 15.7. The SMILES string of the molecule is O=C(N1CCC(c2nc3c([nH]2)-c2ccncc2Nc2ncccc2-3)CC1)C(F)(F)F. The molecule has 0 saturated carbocycles. The normalized spacial score (nSPS) is 16.2. The molecule has 1 fully saturated rings. The van der Waals surface area contributed by atoms with Gasteiger partial charge in [-0.1, -0.05) is 0 Å². The fourth-order valence-electron chi connectivity index (χ4n) is 4.05. The lowest BCUT2D eigenvalue weighted by Gasteiger charge is -2.31. The number of aromatic nitrogens is 4. The van der Waals surface area contributed by atoms with Gasteiger partial charge in [-0.2, -0.15) is 13.2 Å². The third-order valence-electron chi connectivity index (χ3n) is 5.54. The van der Waals surface area contributed by atoms with E-state index in [1.807, 2.05) is 18.2 Å². The second-order valence-electron chi connectivity index (χ2n) is 7.36. The number of H-pyrrole nitrogens is 1. The lowest BCUT2D eigenvalue weighted by atomic mass is 9.96. The zero-order valence-corrected chi connectivity index (χ0v) is 15.7. The second kappa shape index (κ2) is 6.82. The van der Waals surface area contributed by atoms with Crippen LogP contribution in [-0.2, 0) is 4.79 Å². The summed E-state index contributed by atoms with van der Waals surface area (Å²) in [6.07, 6.45) is 1.08. The van der Waals surface area contributed by atoms with Crippen LogP contribution in [0.15, 0.2) is 36.8 Å². The lowest BCUT2D eigenvalue weighted by molar-refractivity contribution is -0.186. The maximum atomic E-state index is 12.7. The van der Waals surface area contributed by atoms with Gasteiger partial charge < -0.3 is 15.2 Å². The van der Waals surface area contributed by atoms with Crippen molar-refractivity contribution in [3.63, 3.8) is 0 Å². The predicted octanol–water partition coefficient (Wildman–Crippen LogP) is 3.86. The fourth-order valence-corrected chi connectivity index (χ4v) is 4.05. The molecule has 0 aromatic carbocycles. The van der Waals surface area contributed by atoms with Crippen molar-refractivity contribution in [3.05, 3.63) is 42.6 Å². The molecule has 2 aliphatic heterocycles. The molecule has 10 heteroatoms. The molecule has 5 heterocycles. The average molecular weight is 414 g/mol. The molecular weight excluding hydrogens is 397 g/mol. The molecule has 2 aliphatic rings. The minimum absolute atomic E-state index is 0.0502. The second-order valence-corrected chi connectivity index (χ2v) is 7.36. The fraction of sp³-hybridized carbons (Fsp3) is 0.300. The Hall–Kier alpha value is -3.43. The number of amides is 1. The number of halogens is 3. The first-order chi connectivity index (χ1) is 14.4. The van der Waals surface area contributed by atoms with Crippen LogP contribution >= 0.6 is 0 Å². The van der Waals surface area contributed by atoms with Gasteiger partial charge in [-0.25, -0.2) is 9.97 Å². The van der Waals surface area contributed by atoms with Crippen molar-refractivity contribution in [1.29, 1.82) is 0 Å². The predicted molar refractivity (Wildman–Crippen MR) is 103 cm³/mol. The Morgan fingerprint density at radius 1 is 1.13 bits per heavy atom. The summed E-state index contributed by atoms with van der Waals surface area (Å²) in [5, 5.41) is 3.28. The zero-order chi connectivity index (χ0) is 20.9. The summed E-state index contributed by atoms with van der Waals surface area (Å²) < 4.78 is 38.1. The summed E-state index contributed by atoms with van der Waals surface area (Å²) in [5.41, 5.74) is 4.06. The Bertz CT molecular complexity index is 1050. The molecule has 7 nitrogen and oxygen atoms in total. The molecule has 0 spiro atoms. The highest BCUT2D eigenvalue weighted by Crippen LogP contribution is 2.43. The molecule has 0 unspecified atom stereocenters. The quantitative estimate of drug-likeness (QED) is 0.494. The van der Waals surface area contributed by atoms with Gasteiger partial charge in [0.15, 0.2) is 0 Å². The number of alkyl halides is 3. The molecule has 0 atom stereocenters. The van der Waals surface area contributed by atoms with Crippen molar-refractivity contribution >= 4 is 17.4 Å². The molecule has 2 N–H and O–H groups in total. The minimum Gasteiger partial charge on any atom is -0.341 e. The largest absolute Gasteiger partial charge is 0.471 e. The average Bonchev–Trinajstić information content (AvgIpc) is 3.13. The van der Waals surface area contributed by atoms with Crippen LogP contribution in [0, 0.1) is 0 Å². The third-order valence-corrected chi connectivity index (χ3v) is 5.54. The van der Waals surface area contributed by atoms with Gasteiger partial charge in [0.25, 0.3) is 0 Å². The highest BCUT2D eigenvalue weighted by Gasteiger charge is 2.43. The van der Waals surface area contributed by atoms with Crippen LogP contribution < -0.4 is 5.32 Å². The monoisotopic (exact) mass is 414 g/mol. The molecule has 30 heavy (non-hydrogen) atoms. The van der Waals surface area contributed by atoms with Crippen molar-refractivity contribution < 1.29 is 18.0 Å². The number of carbonyl (C=O) groups excluding carboxylic acids is 1. The van der Waals surface area contributed by atoms with Crippen LogP contribution in [0.1, 0.15) is 24.6 Å². The molecule has 3 aromatic rings. The van der Waals surface area contributed by atoms with E-state index in [0.717, 1.165) is 33.1 Å². The van der Waals surface area contributed by atoms with Gasteiger partial charge in [-0.15, -0.1) is 0 Å². The first kappa shape index (κ1) is 18.6. The molecule has 1 amide bonds. The number of anilines is 2. The van der Waals surface area contributed by atoms with Gasteiger partial charge in [0.05, 0.1) is 17.6 Å². The first-order valence-electron chi connectivity index (χ1n) is 9.54. The highest BCUT2D eigenvalue weighted by atomic mass is 19.4. The van der Waals surface area contributed by atoms with E-state index in [1.165, 1.54) is 0 Å². The molecule has 0 aliphatic carbocycles. The molecule has 3 aromatic heterocycles. The number of likely N-dealkylation sites (tertiary alicyclic amines) is 1. The van der Waals surface area contributed by atoms with Crippen molar-refractivity contribution in [2.24, 2.45) is 0 Å². The topological polar surface area (TPSA) is 86.8 Å². The minimum atomic E-state index is -4.84. The van der Waals surface area contributed by atoms with E-state index in [0.29, 0.717) is 24.5 Å². The summed E-state index contributed by atoms with van der Waals surface area (Å²) in [6, 6.07) is 5.62. The van der Waals surface area contributed by atoms with Crippen molar-refractivity contribution in [2.45, 2.75) is 24.9 Å². The van der Waals surface area contributed by atoms with E-state index < -0.39 is 12.1 Å². The number of fused-ring (bicyclic) bond motifs is 5. The van der Waals surface area contributed by atoms with E-state index in [4.69, 9.17) is 4.98 Å². The van der Waals surface area contributed by atoms with Gasteiger partial charge in [0.2, 0.25) is 0 Å². The smallest absolute Gasteiger partial charge is 0.341 e. The van der Waals surface area contributed by atoms with E-state index in [1.54, 1.807) is 18.6 Å². The van der Waals surface area contributed by atoms with Crippen LogP contribution in [0.25, 0.3) is 22.5 Å². The Labute approximate surface area is 169 Å². The first-order valence-corrected chi connectivity index (χ1v) is 9.54. The van der Waals surface area contributed by atoms with Gasteiger partial charge in [0.1, 0.15) is 17.3 Å². The summed E-state index contributed by atoms with van der Waals surface area (Å²) in [5.74, 6) is -0.469. The number of nitrogens with zero attached hydrogens (tertiary/aromatic N) is 4. The summed E-state index contributed by atoms with van der Waals surface area (Å²) >= 11 is 0. The van der Waals surface area contributed by atoms with Crippen molar-refractivity contribution in [1.82, 2.24) is 24.8 Å². The number of pyridine rings is 2. The number of aromatic amines is 1. The molecule has 0 radical (unpaired) electrons. The molecule has 154 valence electrons. The number of hydrogen-bond acceptors (Lipinski definition) is 5. The summed E-state index contributed by atoms with van der Waals surface area (Å²) in [4.78, 5) is 29.1. The Balaban J connectivity index is 1.48. The Morgan fingerprint density at radius 2 is 1.93 bits per heavy atom. The number of hydrogen-bond donors (Lipinski definition) is 2. The van der Waals surface area contributed by atoms with Crippen LogP contribution in [0.4, 0.5) is 24.7 Å². The number of rotatable bonds is 1. The van der Waals surface area contributed by atoms with E-state index >= 15 is 0 Å². The summed E-state index contributed by atoms with van der Waals surface area (Å²) in [7, 11) is 0. The maximum absolute atomic E-state index is 12.7. The molecular formula is C20H17F3N6O. The number of nitrogens with one attached hydrogen (secondary N) is 2. The number of piperidine rings is 1. The number of imidazole rings is 1. The van der Waals surface area contributed by atoms with Crippen molar-refractivity contribution in [2.75, 3.05) is 18.4 Å².